The van der Waals surface area contributed by atoms with Gasteiger partial charge in [0.05, 0.1) is 0 Å². The van der Waals surface area contributed by atoms with E-state index in [4.69, 9.17) is 0 Å². The maximum atomic E-state index is 12.9. The smallest absolute Gasteiger partial charge is 0.123 e. The van der Waals surface area contributed by atoms with Gasteiger partial charge in [0.25, 0.3) is 0 Å². The van der Waals surface area contributed by atoms with Crippen LogP contribution in [0.1, 0.15) is 26.7 Å². The number of hydrogen-bond donors (Lipinski definition) is 1. The summed E-state index contributed by atoms with van der Waals surface area (Å²) in [6, 6.07) is 7.48. The minimum atomic E-state index is -0.159. The van der Waals surface area contributed by atoms with E-state index in [1.165, 1.54) is 31.5 Å². The molecule has 0 saturated carbocycles. The largest absolute Gasteiger partial charge is 0.313 e. The molecule has 21 heavy (non-hydrogen) atoms. The number of nitrogens with one attached hydrogen (secondary N) is 1. The molecule has 1 N–H and O–H groups in total. The maximum absolute atomic E-state index is 12.9. The van der Waals surface area contributed by atoms with Gasteiger partial charge in [0, 0.05) is 36.3 Å². The van der Waals surface area contributed by atoms with Crippen LogP contribution in [0, 0.1) is 11.7 Å². The van der Waals surface area contributed by atoms with Gasteiger partial charge in [-0.2, -0.15) is 0 Å². The van der Waals surface area contributed by atoms with Gasteiger partial charge in [0.15, 0.2) is 0 Å². The lowest BCUT2D eigenvalue weighted by molar-refractivity contribution is 0.236. The fraction of sp³-hybridized carbons (Fsp3) is 0.647. The van der Waals surface area contributed by atoms with Crippen molar-refractivity contribution in [2.45, 2.75) is 37.6 Å². The summed E-state index contributed by atoms with van der Waals surface area (Å²) in [6.45, 7) is 9.14. The molecule has 2 nitrogen and oxygen atoms in total. The summed E-state index contributed by atoms with van der Waals surface area (Å²) < 4.78 is 12.9. The van der Waals surface area contributed by atoms with E-state index in [0.717, 1.165) is 30.3 Å². The van der Waals surface area contributed by atoms with Crippen LogP contribution in [-0.2, 0) is 0 Å². The normalized spacial score (nSPS) is 18.8. The molecule has 1 saturated heterocycles. The number of nitrogens with zero attached hydrogens (tertiary/aromatic N) is 1. The minimum absolute atomic E-state index is 0.159. The first-order valence-electron chi connectivity index (χ1n) is 7.97. The van der Waals surface area contributed by atoms with Crippen molar-refractivity contribution in [2.75, 3.05) is 31.9 Å². The molecule has 1 aromatic rings. The minimum Gasteiger partial charge on any atom is -0.313 e. The summed E-state index contributed by atoms with van der Waals surface area (Å²) >= 11 is 1.81. The predicted molar refractivity (Wildman–Crippen MR) is 89.4 cm³/mol. The van der Waals surface area contributed by atoms with Crippen molar-refractivity contribution in [3.8, 4) is 0 Å². The summed E-state index contributed by atoms with van der Waals surface area (Å²) in [5.74, 6) is 1.60. The Kier molecular flexibility index (Phi) is 7.00. The molecule has 0 spiro atoms. The molecule has 118 valence electrons. The average molecular weight is 310 g/mol. The van der Waals surface area contributed by atoms with Crippen molar-refractivity contribution in [1.82, 2.24) is 10.2 Å². The van der Waals surface area contributed by atoms with Crippen molar-refractivity contribution in [3.63, 3.8) is 0 Å². The Hall–Kier alpha value is -0.580. The van der Waals surface area contributed by atoms with Crippen LogP contribution in [0.3, 0.4) is 0 Å². The molecular formula is C17H27FN2S. The van der Waals surface area contributed by atoms with Crippen LogP contribution in [0.25, 0.3) is 0 Å². The van der Waals surface area contributed by atoms with E-state index in [1.807, 2.05) is 23.9 Å². The Morgan fingerprint density at radius 1 is 1.33 bits per heavy atom. The fourth-order valence-corrected chi connectivity index (χ4v) is 3.73. The Morgan fingerprint density at radius 2 is 2.10 bits per heavy atom. The van der Waals surface area contributed by atoms with E-state index in [9.17, 15) is 4.39 Å². The van der Waals surface area contributed by atoms with E-state index in [1.54, 1.807) is 0 Å². The van der Waals surface area contributed by atoms with Crippen LogP contribution in [-0.4, -0.2) is 42.9 Å². The molecule has 1 unspecified atom stereocenters. The van der Waals surface area contributed by atoms with Crippen molar-refractivity contribution in [2.24, 2.45) is 5.92 Å². The zero-order chi connectivity index (χ0) is 15.1. The third-order valence-electron chi connectivity index (χ3n) is 3.75. The number of halogens is 1. The number of thioether (sulfide) groups is 1. The number of hydrogen-bond acceptors (Lipinski definition) is 3. The molecule has 1 aliphatic heterocycles. The van der Waals surface area contributed by atoms with Gasteiger partial charge in [-0.05, 0) is 49.6 Å². The molecule has 0 bridgehead atoms. The second kappa shape index (κ2) is 8.76. The maximum Gasteiger partial charge on any atom is 0.123 e. The number of benzene rings is 1. The summed E-state index contributed by atoms with van der Waals surface area (Å²) in [7, 11) is 0. The molecule has 1 atom stereocenters. The molecule has 1 fully saturated rings. The summed E-state index contributed by atoms with van der Waals surface area (Å²) in [5, 5.41) is 3.58. The zero-order valence-corrected chi connectivity index (χ0v) is 14.0. The highest BCUT2D eigenvalue weighted by Crippen LogP contribution is 2.18. The lowest BCUT2D eigenvalue weighted by Gasteiger charge is -2.27. The molecule has 1 aromatic carbocycles. The van der Waals surface area contributed by atoms with Crippen molar-refractivity contribution >= 4 is 11.8 Å². The second-order valence-electron chi connectivity index (χ2n) is 6.25. The Labute approximate surface area is 132 Å². The van der Waals surface area contributed by atoms with E-state index in [2.05, 4.69) is 24.1 Å². The molecule has 0 aromatic heterocycles. The van der Waals surface area contributed by atoms with Gasteiger partial charge in [-0.15, -0.1) is 11.8 Å². The molecular weight excluding hydrogens is 283 g/mol. The SMILES string of the molecule is CC(C)CN(CCSc1ccc(F)cc1)CC1CCCN1. The van der Waals surface area contributed by atoms with Crippen LogP contribution in [0.4, 0.5) is 4.39 Å². The van der Waals surface area contributed by atoms with Crippen LogP contribution < -0.4 is 5.32 Å². The van der Waals surface area contributed by atoms with Gasteiger partial charge in [-0.3, -0.25) is 0 Å². The first kappa shape index (κ1) is 16.8. The lowest BCUT2D eigenvalue weighted by atomic mass is 10.1. The molecule has 1 heterocycles. The molecule has 1 aliphatic rings. The number of rotatable bonds is 8. The van der Waals surface area contributed by atoms with Gasteiger partial charge >= 0.3 is 0 Å². The standard InChI is InChI=1S/C17H27FN2S/c1-14(2)12-20(13-16-4-3-9-19-16)10-11-21-17-7-5-15(18)6-8-17/h5-8,14,16,19H,3-4,9-13H2,1-2H3. The molecule has 4 heteroatoms. The highest BCUT2D eigenvalue weighted by molar-refractivity contribution is 7.99. The summed E-state index contributed by atoms with van der Waals surface area (Å²) in [6.07, 6.45) is 2.62. The summed E-state index contributed by atoms with van der Waals surface area (Å²) in [4.78, 5) is 3.73. The monoisotopic (exact) mass is 310 g/mol. The van der Waals surface area contributed by atoms with Crippen LogP contribution in [0.15, 0.2) is 29.2 Å². The third kappa shape index (κ3) is 6.37. The van der Waals surface area contributed by atoms with E-state index < -0.39 is 0 Å². The first-order chi connectivity index (χ1) is 10.1. The van der Waals surface area contributed by atoms with Crippen LogP contribution >= 0.6 is 11.8 Å². The van der Waals surface area contributed by atoms with Crippen LogP contribution in [0.5, 0.6) is 0 Å². The quantitative estimate of drug-likeness (QED) is 0.738. The van der Waals surface area contributed by atoms with Gasteiger partial charge in [-0.25, -0.2) is 4.39 Å². The second-order valence-corrected chi connectivity index (χ2v) is 7.42. The fourth-order valence-electron chi connectivity index (χ4n) is 2.82. The van der Waals surface area contributed by atoms with Crippen molar-refractivity contribution in [1.29, 1.82) is 0 Å². The predicted octanol–water partition coefficient (Wildman–Crippen LogP) is 3.63. The van der Waals surface area contributed by atoms with E-state index in [-0.39, 0.29) is 5.82 Å². The highest BCUT2D eigenvalue weighted by atomic mass is 32.2. The lowest BCUT2D eigenvalue weighted by Crippen LogP contribution is -2.40. The van der Waals surface area contributed by atoms with E-state index in [0.29, 0.717) is 12.0 Å². The van der Waals surface area contributed by atoms with Gasteiger partial charge in [0.2, 0.25) is 0 Å². The average Bonchev–Trinajstić information content (AvgIpc) is 2.93. The van der Waals surface area contributed by atoms with Crippen molar-refractivity contribution in [3.05, 3.63) is 30.1 Å². The molecule has 0 radical (unpaired) electrons. The van der Waals surface area contributed by atoms with Gasteiger partial charge < -0.3 is 10.2 Å². The first-order valence-corrected chi connectivity index (χ1v) is 8.96. The van der Waals surface area contributed by atoms with Gasteiger partial charge in [0.1, 0.15) is 5.82 Å². The Bertz CT molecular complexity index is 402. The zero-order valence-electron chi connectivity index (χ0n) is 13.1. The van der Waals surface area contributed by atoms with E-state index >= 15 is 0 Å². The Balaban J connectivity index is 1.76. The third-order valence-corrected chi connectivity index (χ3v) is 4.75. The molecule has 0 amide bonds. The van der Waals surface area contributed by atoms with Crippen LogP contribution in [0.2, 0.25) is 0 Å². The summed E-state index contributed by atoms with van der Waals surface area (Å²) in [5.41, 5.74) is 0. The van der Waals surface area contributed by atoms with Crippen molar-refractivity contribution < 1.29 is 4.39 Å². The molecule has 0 aliphatic carbocycles. The molecule has 2 rings (SSSR count). The topological polar surface area (TPSA) is 15.3 Å². The Morgan fingerprint density at radius 3 is 2.71 bits per heavy atom. The van der Waals surface area contributed by atoms with Gasteiger partial charge in [-0.1, -0.05) is 13.8 Å². The highest BCUT2D eigenvalue weighted by Gasteiger charge is 2.18.